The highest BCUT2D eigenvalue weighted by Gasteiger charge is 2.16. The summed E-state index contributed by atoms with van der Waals surface area (Å²) in [6.07, 6.45) is 0. The van der Waals surface area contributed by atoms with Crippen molar-refractivity contribution in [2.45, 2.75) is 25.9 Å². The summed E-state index contributed by atoms with van der Waals surface area (Å²) < 4.78 is 8.89. The Bertz CT molecular complexity index is 211. The lowest BCUT2D eigenvalue weighted by molar-refractivity contribution is 0.789. The second-order valence-corrected chi connectivity index (χ2v) is 8.25. The molecule has 0 bridgehead atoms. The molecular weight excluding hydrogens is 181 g/mol. The van der Waals surface area contributed by atoms with Crippen LogP contribution in [0.4, 0.5) is 0 Å². The Morgan fingerprint density at radius 2 is 2.10 bits per heavy atom. The van der Waals surface area contributed by atoms with Crippen LogP contribution < -0.4 is 0 Å². The standard InChI is InChI=1S/C5H11N2P3/c1-5(2,3)10-6-8-4-9-7-10/h4,10H,1-3H3. The van der Waals surface area contributed by atoms with Crippen LogP contribution in [0.5, 0.6) is 0 Å². The average molecular weight is 192 g/mol. The summed E-state index contributed by atoms with van der Waals surface area (Å²) in [5.41, 5.74) is 2.07. The summed E-state index contributed by atoms with van der Waals surface area (Å²) in [5.74, 6) is 0. The Kier molecular flexibility index (Phi) is 2.81. The minimum Gasteiger partial charge on any atom is -0.226 e. The van der Waals surface area contributed by atoms with Gasteiger partial charge in [0.1, 0.15) is 0 Å². The molecule has 0 aromatic rings. The van der Waals surface area contributed by atoms with E-state index >= 15 is 0 Å². The van der Waals surface area contributed by atoms with Gasteiger partial charge in [-0.05, 0) is 0 Å². The molecule has 5 heteroatoms. The van der Waals surface area contributed by atoms with Crippen LogP contribution in [0.25, 0.3) is 0 Å². The minimum absolute atomic E-state index is 0.304. The molecule has 1 heterocycles. The van der Waals surface area contributed by atoms with E-state index in [0.717, 1.165) is 16.7 Å². The van der Waals surface area contributed by atoms with Gasteiger partial charge >= 0.3 is 0 Å². The smallest absolute Gasteiger partial charge is 0.0833 e. The van der Waals surface area contributed by atoms with Crippen molar-refractivity contribution in [1.29, 1.82) is 0 Å². The Morgan fingerprint density at radius 1 is 1.40 bits per heavy atom. The average Bonchev–Trinajstić information content (AvgIpc) is 1.88. The zero-order valence-electron chi connectivity index (χ0n) is 6.37. The molecule has 0 amide bonds. The Hall–Kier alpha value is 0.500. The molecule has 0 N–H and O–H groups in total. The normalized spacial score (nSPS) is 27.7. The first-order valence-corrected chi connectivity index (χ1v) is 6.34. The highest BCUT2D eigenvalue weighted by atomic mass is 31.2. The summed E-state index contributed by atoms with van der Waals surface area (Å²) in [6, 6.07) is 0. The van der Waals surface area contributed by atoms with Crippen molar-refractivity contribution < 1.29 is 0 Å². The van der Waals surface area contributed by atoms with Crippen LogP contribution in [0.1, 0.15) is 20.8 Å². The quantitative estimate of drug-likeness (QED) is 0.520. The van der Waals surface area contributed by atoms with Crippen molar-refractivity contribution in [3.05, 3.63) is 0 Å². The van der Waals surface area contributed by atoms with E-state index in [4.69, 9.17) is 0 Å². The minimum atomic E-state index is -0.770. The Morgan fingerprint density at radius 3 is 2.40 bits per heavy atom. The molecule has 0 aromatic carbocycles. The highest BCUT2D eigenvalue weighted by molar-refractivity contribution is 7.73. The fraction of sp³-hybridized carbons (Fsp3) is 0.800. The van der Waals surface area contributed by atoms with E-state index in [2.05, 4.69) is 35.3 Å². The van der Waals surface area contributed by atoms with Crippen molar-refractivity contribution in [1.82, 2.24) is 0 Å². The van der Waals surface area contributed by atoms with Gasteiger partial charge in [0.2, 0.25) is 0 Å². The van der Waals surface area contributed by atoms with Gasteiger partial charge in [-0.3, -0.25) is 0 Å². The molecule has 0 fully saturated rings. The van der Waals surface area contributed by atoms with Crippen LogP contribution in [0, 0.1) is 0 Å². The van der Waals surface area contributed by atoms with E-state index in [1.807, 2.05) is 0 Å². The molecule has 2 nitrogen and oxygen atoms in total. The number of rotatable bonds is 0. The maximum atomic E-state index is 4.45. The van der Waals surface area contributed by atoms with Gasteiger partial charge in [-0.15, -0.1) is 0 Å². The first-order valence-electron chi connectivity index (χ1n) is 3.11. The second kappa shape index (κ2) is 3.26. The van der Waals surface area contributed by atoms with Crippen LogP contribution in [-0.2, 0) is 0 Å². The predicted molar refractivity (Wildman–Crippen MR) is 52.8 cm³/mol. The number of hydrogen-bond donors (Lipinski definition) is 0. The molecule has 0 saturated carbocycles. The third kappa shape index (κ3) is 2.27. The van der Waals surface area contributed by atoms with Crippen molar-refractivity contribution >= 4 is 30.1 Å². The first-order chi connectivity index (χ1) is 4.61. The summed E-state index contributed by atoms with van der Waals surface area (Å²) in [4.78, 5) is 0. The molecule has 10 heavy (non-hydrogen) atoms. The summed E-state index contributed by atoms with van der Waals surface area (Å²) >= 11 is 0. The molecule has 56 valence electrons. The third-order valence-electron chi connectivity index (χ3n) is 1.08. The van der Waals surface area contributed by atoms with Crippen molar-refractivity contribution in [2.75, 3.05) is 0 Å². The number of nitrogens with zero attached hydrogens (tertiary/aromatic N) is 2. The maximum absolute atomic E-state index is 4.45. The van der Waals surface area contributed by atoms with E-state index < -0.39 is 7.86 Å². The molecule has 1 atom stereocenters. The van der Waals surface area contributed by atoms with Gasteiger partial charge in [-0.1, -0.05) is 20.8 Å². The van der Waals surface area contributed by atoms with Crippen molar-refractivity contribution in [3.63, 3.8) is 0 Å². The lowest BCUT2D eigenvalue weighted by Crippen LogP contribution is -2.05. The van der Waals surface area contributed by atoms with Crippen LogP contribution in [0.3, 0.4) is 0 Å². The molecule has 0 radical (unpaired) electrons. The summed E-state index contributed by atoms with van der Waals surface area (Å²) in [6.45, 7) is 6.64. The molecule has 1 aliphatic heterocycles. The van der Waals surface area contributed by atoms with Gasteiger partial charge in [0.05, 0.1) is 7.86 Å². The van der Waals surface area contributed by atoms with Crippen LogP contribution in [0.15, 0.2) is 9.03 Å². The van der Waals surface area contributed by atoms with Crippen molar-refractivity contribution in [2.24, 2.45) is 9.03 Å². The maximum Gasteiger partial charge on any atom is 0.0833 e. The van der Waals surface area contributed by atoms with E-state index in [0.29, 0.717) is 5.16 Å². The molecule has 1 aliphatic rings. The van der Waals surface area contributed by atoms with Gasteiger partial charge in [-0.25, -0.2) is 9.03 Å². The van der Waals surface area contributed by atoms with Gasteiger partial charge in [-0.2, -0.15) is 0 Å². The lowest BCUT2D eigenvalue weighted by Gasteiger charge is -2.18. The van der Waals surface area contributed by atoms with Crippen molar-refractivity contribution in [3.8, 4) is 0 Å². The van der Waals surface area contributed by atoms with Crippen LogP contribution in [-0.4, -0.2) is 10.7 Å². The van der Waals surface area contributed by atoms with E-state index in [9.17, 15) is 0 Å². The molecule has 0 spiro atoms. The zero-order valence-corrected chi connectivity index (χ0v) is 9.16. The number of hydrogen-bond acceptors (Lipinski definition) is 2. The van der Waals surface area contributed by atoms with Gasteiger partial charge in [0.15, 0.2) is 0 Å². The molecule has 0 saturated heterocycles. The van der Waals surface area contributed by atoms with E-state index in [1.165, 1.54) is 0 Å². The molecular formula is C5H11N2P3. The fourth-order valence-corrected chi connectivity index (χ4v) is 5.83. The topological polar surface area (TPSA) is 24.7 Å². The van der Waals surface area contributed by atoms with Gasteiger partial charge in [0, 0.05) is 27.4 Å². The SMILES string of the molecule is CC(C)(C)[PH]1=NP=CP=N1. The lowest BCUT2D eigenvalue weighted by atomic mass is 10.3. The highest BCUT2D eigenvalue weighted by Crippen LogP contribution is 2.48. The van der Waals surface area contributed by atoms with Crippen LogP contribution >= 0.6 is 24.6 Å². The summed E-state index contributed by atoms with van der Waals surface area (Å²) in [7, 11) is 1.49. The Labute approximate surface area is 65.7 Å². The first kappa shape index (κ1) is 8.60. The zero-order chi connectivity index (χ0) is 7.61. The fourth-order valence-electron chi connectivity index (χ4n) is 0.504. The largest absolute Gasteiger partial charge is 0.226 e. The monoisotopic (exact) mass is 192 g/mol. The van der Waals surface area contributed by atoms with Gasteiger partial charge in [0.25, 0.3) is 0 Å². The van der Waals surface area contributed by atoms with Gasteiger partial charge < -0.3 is 0 Å². The Balaban J connectivity index is 2.85. The third-order valence-corrected chi connectivity index (χ3v) is 5.69. The second-order valence-electron chi connectivity index (χ2n) is 3.12. The predicted octanol–water partition coefficient (Wildman–Crippen LogP) is 3.86. The molecule has 1 unspecified atom stereocenters. The molecule has 0 aromatic heterocycles. The summed E-state index contributed by atoms with van der Waals surface area (Å²) in [5, 5.41) is 0.304. The van der Waals surface area contributed by atoms with E-state index in [1.54, 1.807) is 0 Å². The van der Waals surface area contributed by atoms with Crippen LogP contribution in [0.2, 0.25) is 0 Å². The van der Waals surface area contributed by atoms with E-state index in [-0.39, 0.29) is 0 Å². The molecule has 1 rings (SSSR count). The molecule has 0 aliphatic carbocycles.